The van der Waals surface area contributed by atoms with Gasteiger partial charge in [-0.25, -0.2) is 0 Å². The molecule has 1 N–H and O–H groups in total. The molecule has 0 aromatic rings. The van der Waals surface area contributed by atoms with Crippen LogP contribution in [0.15, 0.2) is 0 Å². The van der Waals surface area contributed by atoms with Gasteiger partial charge in [0, 0.05) is 4.92 Å². The van der Waals surface area contributed by atoms with Crippen molar-refractivity contribution in [2.75, 3.05) is 7.05 Å². The summed E-state index contributed by atoms with van der Waals surface area (Å²) in [4.78, 5) is 8.31. The standard InChI is InChI=1S/CH3NO2.ClHO/c1-2(3)4;1-2/h1H3;2H. The normalized spacial score (nSPS) is 5.17. The molecule has 0 aliphatic heterocycles. The third-order valence-corrected chi connectivity index (χ3v) is 0. The van der Waals surface area contributed by atoms with Crippen LogP contribution in [0.4, 0.5) is 0 Å². The van der Waals surface area contributed by atoms with E-state index in [1.807, 2.05) is 0 Å². The van der Waals surface area contributed by atoms with Gasteiger partial charge >= 0.3 is 0 Å². The average molecular weight is 114 g/mol. The summed E-state index contributed by atoms with van der Waals surface area (Å²) in [6.45, 7) is 0. The van der Waals surface area contributed by atoms with Crippen molar-refractivity contribution in [3.8, 4) is 0 Å². The molecule has 0 rings (SSSR count). The van der Waals surface area contributed by atoms with Crippen molar-refractivity contribution in [1.29, 1.82) is 0 Å². The van der Waals surface area contributed by atoms with E-state index in [1.165, 1.54) is 0 Å². The molecular formula is CH4ClNO3. The summed E-state index contributed by atoms with van der Waals surface area (Å²) in [7, 11) is 0.889. The Morgan fingerprint density at radius 1 is 1.83 bits per heavy atom. The number of halogens is 1. The second kappa shape index (κ2) is 8.82. The highest BCUT2D eigenvalue weighted by molar-refractivity contribution is 6.04. The first-order chi connectivity index (χ1) is 2.73. The summed E-state index contributed by atoms with van der Waals surface area (Å²) in [6, 6.07) is 0. The molecule has 0 atom stereocenters. The van der Waals surface area contributed by atoms with Crippen LogP contribution in [0.2, 0.25) is 0 Å². The van der Waals surface area contributed by atoms with Gasteiger partial charge in [0.05, 0.1) is 11.9 Å². The summed E-state index contributed by atoms with van der Waals surface area (Å²) in [5, 5.41) is 8.81. The lowest BCUT2D eigenvalue weighted by Gasteiger charge is -1.63. The minimum absolute atomic E-state index is 0.500. The first-order valence-electron chi connectivity index (χ1n) is 0.981. The van der Waals surface area contributed by atoms with E-state index < -0.39 is 4.92 Å². The molecule has 38 valence electrons. The molecule has 5 heteroatoms. The van der Waals surface area contributed by atoms with Crippen LogP contribution in [0.3, 0.4) is 0 Å². The molecule has 0 aromatic heterocycles. The van der Waals surface area contributed by atoms with Gasteiger partial charge in [0.15, 0.2) is 7.05 Å². The first kappa shape index (κ1) is 9.17. The molecule has 0 aromatic carbocycles. The third-order valence-electron chi connectivity index (χ3n) is 0. The predicted octanol–water partition coefficient (Wildman–Crippen LogP) is 0.0254. The van der Waals surface area contributed by atoms with Crippen LogP contribution < -0.4 is 0 Å². The summed E-state index contributed by atoms with van der Waals surface area (Å²) >= 11 is 3.64. The van der Waals surface area contributed by atoms with E-state index in [0.29, 0.717) is 0 Å². The van der Waals surface area contributed by atoms with Crippen molar-refractivity contribution in [1.82, 2.24) is 0 Å². The number of nitro groups is 1. The Morgan fingerprint density at radius 2 is 1.83 bits per heavy atom. The lowest BCUT2D eigenvalue weighted by Crippen LogP contribution is -1.79. The Hall–Kier alpha value is -0.350. The van der Waals surface area contributed by atoms with Gasteiger partial charge in [-0.15, -0.1) is 0 Å². The number of hydrogen-bond donors (Lipinski definition) is 1. The number of rotatable bonds is 0. The van der Waals surface area contributed by atoms with Crippen molar-refractivity contribution in [3.05, 3.63) is 10.1 Å². The zero-order valence-corrected chi connectivity index (χ0v) is 3.84. The summed E-state index contributed by atoms with van der Waals surface area (Å²) in [6.07, 6.45) is 0. The highest BCUT2D eigenvalue weighted by Crippen LogP contribution is 1.39. The van der Waals surface area contributed by atoms with Crippen LogP contribution in [-0.2, 0) is 0 Å². The van der Waals surface area contributed by atoms with Crippen molar-refractivity contribution in [2.24, 2.45) is 0 Å². The van der Waals surface area contributed by atoms with Crippen LogP contribution in [0, 0.1) is 10.1 Å². The lowest BCUT2D eigenvalue weighted by atomic mass is 11.5. The van der Waals surface area contributed by atoms with Crippen LogP contribution in [0.1, 0.15) is 0 Å². The molecule has 0 heterocycles. The topological polar surface area (TPSA) is 63.4 Å². The van der Waals surface area contributed by atoms with Gasteiger partial charge in [-0.1, -0.05) is 0 Å². The number of hydrogen-bond acceptors (Lipinski definition) is 3. The fourth-order valence-electron chi connectivity index (χ4n) is 0. The summed E-state index contributed by atoms with van der Waals surface area (Å²) < 4.78 is 6.47. The van der Waals surface area contributed by atoms with E-state index in [2.05, 4.69) is 11.9 Å². The maximum atomic E-state index is 8.81. The molecular weight excluding hydrogens is 109 g/mol. The van der Waals surface area contributed by atoms with Gasteiger partial charge in [-0.05, 0) is 0 Å². The van der Waals surface area contributed by atoms with Gasteiger partial charge in [0.2, 0.25) is 0 Å². The SMILES string of the molecule is C[N+](=O)[O-].OCl. The van der Waals surface area contributed by atoms with E-state index in [4.69, 9.17) is 14.8 Å². The largest absolute Gasteiger partial charge is 0.295 e. The molecule has 4 nitrogen and oxygen atoms in total. The Morgan fingerprint density at radius 3 is 1.83 bits per heavy atom. The van der Waals surface area contributed by atoms with Crippen LogP contribution in [0.5, 0.6) is 0 Å². The first-order valence-corrected chi connectivity index (χ1v) is 1.32. The molecule has 0 bridgehead atoms. The molecule has 0 aliphatic carbocycles. The monoisotopic (exact) mass is 113 g/mol. The number of nitrogens with zero attached hydrogens (tertiary/aromatic N) is 1. The second-order valence-electron chi connectivity index (χ2n) is 0.440. The second-order valence-corrected chi connectivity index (χ2v) is 0.440. The average Bonchev–Trinajstić information content (AvgIpc) is 1.41. The van der Waals surface area contributed by atoms with E-state index in [1.54, 1.807) is 0 Å². The highest BCUT2D eigenvalue weighted by Gasteiger charge is 1.57. The fourth-order valence-corrected chi connectivity index (χ4v) is 0. The third kappa shape index (κ3) is 209. The molecule has 0 saturated carbocycles. The van der Waals surface area contributed by atoms with E-state index in [-0.39, 0.29) is 0 Å². The minimum Gasteiger partial charge on any atom is -0.295 e. The van der Waals surface area contributed by atoms with Gasteiger partial charge in [-0.2, -0.15) is 0 Å². The maximum absolute atomic E-state index is 8.81. The summed E-state index contributed by atoms with van der Waals surface area (Å²) in [5.74, 6) is 0. The van der Waals surface area contributed by atoms with Gasteiger partial charge in [0.25, 0.3) is 0 Å². The molecule has 0 fully saturated rings. The van der Waals surface area contributed by atoms with E-state index in [0.717, 1.165) is 7.05 Å². The fraction of sp³-hybridized carbons (Fsp3) is 1.00. The van der Waals surface area contributed by atoms with Gasteiger partial charge < -0.3 is 0 Å². The highest BCUT2D eigenvalue weighted by atomic mass is 35.5. The van der Waals surface area contributed by atoms with Crippen molar-refractivity contribution in [3.63, 3.8) is 0 Å². The van der Waals surface area contributed by atoms with E-state index >= 15 is 0 Å². The Kier molecular flexibility index (Phi) is 13.5. The Bertz CT molecular complexity index is 33.8. The predicted molar refractivity (Wildman–Crippen MR) is 21.0 cm³/mol. The molecule has 0 amide bonds. The van der Waals surface area contributed by atoms with Crippen LogP contribution in [-0.4, -0.2) is 16.6 Å². The molecule has 0 saturated heterocycles. The molecule has 0 spiro atoms. The minimum atomic E-state index is -0.500. The molecule has 0 radical (unpaired) electrons. The zero-order valence-electron chi connectivity index (χ0n) is 3.09. The van der Waals surface area contributed by atoms with Crippen molar-refractivity contribution >= 4 is 11.9 Å². The lowest BCUT2D eigenvalue weighted by molar-refractivity contribution is -0.445. The molecule has 0 unspecified atom stereocenters. The van der Waals surface area contributed by atoms with Gasteiger partial charge in [0.1, 0.15) is 0 Å². The smallest absolute Gasteiger partial charge is 0.194 e. The maximum Gasteiger partial charge on any atom is 0.194 e. The summed E-state index contributed by atoms with van der Waals surface area (Å²) in [5.41, 5.74) is 0. The quantitative estimate of drug-likeness (QED) is 0.356. The Balaban J connectivity index is 0. The molecule has 0 aliphatic rings. The van der Waals surface area contributed by atoms with Crippen LogP contribution >= 0.6 is 11.9 Å². The van der Waals surface area contributed by atoms with Crippen LogP contribution in [0.25, 0.3) is 0 Å². The Labute approximate surface area is 39.7 Å². The van der Waals surface area contributed by atoms with E-state index in [9.17, 15) is 0 Å². The van der Waals surface area contributed by atoms with Gasteiger partial charge in [-0.3, -0.25) is 14.8 Å². The van der Waals surface area contributed by atoms with Crippen molar-refractivity contribution in [2.45, 2.75) is 0 Å². The zero-order chi connectivity index (χ0) is 5.58. The molecule has 6 heavy (non-hydrogen) atoms. The van der Waals surface area contributed by atoms with Crippen molar-refractivity contribution < 1.29 is 9.58 Å².